The first kappa shape index (κ1) is 13.3. The zero-order chi connectivity index (χ0) is 13.8. The summed E-state index contributed by atoms with van der Waals surface area (Å²) in [7, 11) is 0. The van der Waals surface area contributed by atoms with E-state index in [0.717, 1.165) is 37.4 Å². The predicted molar refractivity (Wildman–Crippen MR) is 72.7 cm³/mol. The Balaban J connectivity index is 2.03. The van der Waals surface area contributed by atoms with Crippen LogP contribution in [-0.4, -0.2) is 30.0 Å². The Morgan fingerprint density at radius 2 is 2.16 bits per heavy atom. The molecule has 1 N–H and O–H groups in total. The summed E-state index contributed by atoms with van der Waals surface area (Å²) in [6.07, 6.45) is 1.83. The van der Waals surface area contributed by atoms with E-state index in [-0.39, 0.29) is 11.9 Å². The standard InChI is InChI=1S/C14H18N4O/c1-10-7-12(9-15)8-14(16-10)18-5-3-13(4-6-18)17-11(2)19/h7-8,13H,3-6H2,1-2H3,(H,17,19). The summed E-state index contributed by atoms with van der Waals surface area (Å²) in [6.45, 7) is 5.15. The van der Waals surface area contributed by atoms with Crippen LogP contribution in [0.25, 0.3) is 0 Å². The third-order valence-corrected chi connectivity index (χ3v) is 3.30. The summed E-state index contributed by atoms with van der Waals surface area (Å²) in [4.78, 5) is 17.7. The molecule has 0 aliphatic carbocycles. The topological polar surface area (TPSA) is 69.0 Å². The van der Waals surface area contributed by atoms with Crippen LogP contribution in [-0.2, 0) is 4.79 Å². The molecule has 0 saturated carbocycles. The molecule has 0 radical (unpaired) electrons. The monoisotopic (exact) mass is 258 g/mol. The molecule has 1 saturated heterocycles. The second kappa shape index (κ2) is 5.70. The van der Waals surface area contributed by atoms with Gasteiger partial charge in [0.05, 0.1) is 11.6 Å². The highest BCUT2D eigenvalue weighted by Gasteiger charge is 2.20. The Hall–Kier alpha value is -2.09. The highest BCUT2D eigenvalue weighted by molar-refractivity contribution is 5.73. The van der Waals surface area contributed by atoms with Crippen LogP contribution in [0, 0.1) is 18.3 Å². The average molecular weight is 258 g/mol. The van der Waals surface area contributed by atoms with Gasteiger partial charge in [-0.25, -0.2) is 4.98 Å². The number of nitrogens with zero attached hydrogens (tertiary/aromatic N) is 3. The molecular formula is C14H18N4O. The molecule has 1 fully saturated rings. The molecule has 1 amide bonds. The van der Waals surface area contributed by atoms with Crippen molar-refractivity contribution >= 4 is 11.7 Å². The Labute approximate surface area is 113 Å². The minimum atomic E-state index is 0.0268. The third-order valence-electron chi connectivity index (χ3n) is 3.30. The van der Waals surface area contributed by atoms with Crippen molar-refractivity contribution in [3.8, 4) is 6.07 Å². The van der Waals surface area contributed by atoms with Gasteiger partial charge < -0.3 is 10.2 Å². The summed E-state index contributed by atoms with van der Waals surface area (Å²) in [6, 6.07) is 6.03. The first-order chi connectivity index (χ1) is 9.08. The van der Waals surface area contributed by atoms with E-state index in [2.05, 4.69) is 21.3 Å². The fraction of sp³-hybridized carbons (Fsp3) is 0.500. The van der Waals surface area contributed by atoms with Gasteiger partial charge in [0.25, 0.3) is 0 Å². The van der Waals surface area contributed by atoms with Crippen molar-refractivity contribution < 1.29 is 4.79 Å². The summed E-state index contributed by atoms with van der Waals surface area (Å²) in [5.41, 5.74) is 1.50. The number of rotatable bonds is 2. The Morgan fingerprint density at radius 1 is 1.47 bits per heavy atom. The SMILES string of the molecule is CC(=O)NC1CCN(c2cc(C#N)cc(C)n2)CC1. The molecule has 0 spiro atoms. The van der Waals surface area contributed by atoms with Gasteiger partial charge in [0, 0.05) is 31.7 Å². The lowest BCUT2D eigenvalue weighted by molar-refractivity contribution is -0.119. The lowest BCUT2D eigenvalue weighted by Gasteiger charge is -2.33. The maximum atomic E-state index is 11.0. The molecule has 2 rings (SSSR count). The highest BCUT2D eigenvalue weighted by Crippen LogP contribution is 2.19. The fourth-order valence-electron chi connectivity index (χ4n) is 2.42. The Bertz CT molecular complexity index is 513. The number of anilines is 1. The van der Waals surface area contributed by atoms with Crippen LogP contribution in [0.15, 0.2) is 12.1 Å². The van der Waals surface area contributed by atoms with Gasteiger partial charge in [0.2, 0.25) is 5.91 Å². The first-order valence-electron chi connectivity index (χ1n) is 6.49. The van der Waals surface area contributed by atoms with E-state index in [1.807, 2.05) is 13.0 Å². The highest BCUT2D eigenvalue weighted by atomic mass is 16.1. The van der Waals surface area contributed by atoms with Crippen LogP contribution in [0.5, 0.6) is 0 Å². The lowest BCUT2D eigenvalue weighted by atomic mass is 10.0. The molecule has 1 aromatic rings. The van der Waals surface area contributed by atoms with E-state index in [4.69, 9.17) is 5.26 Å². The number of piperidine rings is 1. The Morgan fingerprint density at radius 3 is 2.74 bits per heavy atom. The van der Waals surface area contributed by atoms with E-state index in [1.54, 1.807) is 13.0 Å². The smallest absolute Gasteiger partial charge is 0.217 e. The lowest BCUT2D eigenvalue weighted by Crippen LogP contribution is -2.44. The van der Waals surface area contributed by atoms with Crippen LogP contribution in [0.2, 0.25) is 0 Å². The predicted octanol–water partition coefficient (Wildman–Crippen LogP) is 1.37. The van der Waals surface area contributed by atoms with Gasteiger partial charge in [0.1, 0.15) is 5.82 Å². The summed E-state index contributed by atoms with van der Waals surface area (Å²) >= 11 is 0. The maximum absolute atomic E-state index is 11.0. The maximum Gasteiger partial charge on any atom is 0.217 e. The molecule has 100 valence electrons. The normalized spacial score (nSPS) is 15.9. The van der Waals surface area contributed by atoms with Gasteiger partial charge in [-0.15, -0.1) is 0 Å². The molecule has 0 bridgehead atoms. The van der Waals surface area contributed by atoms with E-state index in [0.29, 0.717) is 5.56 Å². The van der Waals surface area contributed by atoms with E-state index in [1.165, 1.54) is 0 Å². The second-order valence-electron chi connectivity index (χ2n) is 4.93. The number of aromatic nitrogens is 1. The number of nitriles is 1. The minimum absolute atomic E-state index is 0.0268. The number of carbonyl (C=O) groups is 1. The molecule has 5 nitrogen and oxygen atoms in total. The van der Waals surface area contributed by atoms with E-state index < -0.39 is 0 Å². The van der Waals surface area contributed by atoms with Crippen molar-refractivity contribution in [1.29, 1.82) is 5.26 Å². The number of aryl methyl sites for hydroxylation is 1. The van der Waals surface area contributed by atoms with Crippen molar-refractivity contribution in [3.63, 3.8) is 0 Å². The fourth-order valence-corrected chi connectivity index (χ4v) is 2.42. The number of nitrogens with one attached hydrogen (secondary N) is 1. The minimum Gasteiger partial charge on any atom is -0.356 e. The zero-order valence-electron chi connectivity index (χ0n) is 11.3. The van der Waals surface area contributed by atoms with Crippen LogP contribution < -0.4 is 10.2 Å². The number of amides is 1. The molecule has 19 heavy (non-hydrogen) atoms. The van der Waals surface area contributed by atoms with Crippen LogP contribution >= 0.6 is 0 Å². The number of pyridine rings is 1. The number of hydrogen-bond donors (Lipinski definition) is 1. The number of carbonyl (C=O) groups excluding carboxylic acids is 1. The van der Waals surface area contributed by atoms with Crippen LogP contribution in [0.4, 0.5) is 5.82 Å². The average Bonchev–Trinajstić information content (AvgIpc) is 2.38. The molecule has 1 aromatic heterocycles. The van der Waals surface area contributed by atoms with Gasteiger partial charge in [-0.2, -0.15) is 5.26 Å². The largest absolute Gasteiger partial charge is 0.356 e. The molecule has 0 unspecified atom stereocenters. The van der Waals surface area contributed by atoms with Gasteiger partial charge in [-0.05, 0) is 31.9 Å². The summed E-state index contributed by atoms with van der Waals surface area (Å²) < 4.78 is 0. The third kappa shape index (κ3) is 3.44. The second-order valence-corrected chi connectivity index (χ2v) is 4.93. The van der Waals surface area contributed by atoms with Crippen molar-refractivity contribution in [2.45, 2.75) is 32.7 Å². The van der Waals surface area contributed by atoms with Gasteiger partial charge in [0.15, 0.2) is 0 Å². The van der Waals surface area contributed by atoms with E-state index in [9.17, 15) is 4.79 Å². The molecule has 5 heteroatoms. The van der Waals surface area contributed by atoms with Crippen molar-refractivity contribution in [3.05, 3.63) is 23.4 Å². The van der Waals surface area contributed by atoms with Crippen molar-refractivity contribution in [2.24, 2.45) is 0 Å². The van der Waals surface area contributed by atoms with Crippen LogP contribution in [0.1, 0.15) is 31.0 Å². The van der Waals surface area contributed by atoms with Gasteiger partial charge in [-0.3, -0.25) is 4.79 Å². The molecule has 1 aliphatic heterocycles. The molecular weight excluding hydrogens is 240 g/mol. The van der Waals surface area contributed by atoms with E-state index >= 15 is 0 Å². The summed E-state index contributed by atoms with van der Waals surface area (Å²) in [5, 5.41) is 11.9. The molecule has 0 atom stereocenters. The van der Waals surface area contributed by atoms with Crippen molar-refractivity contribution in [1.82, 2.24) is 10.3 Å². The van der Waals surface area contributed by atoms with Gasteiger partial charge >= 0.3 is 0 Å². The molecule has 2 heterocycles. The molecule has 1 aliphatic rings. The van der Waals surface area contributed by atoms with Gasteiger partial charge in [-0.1, -0.05) is 0 Å². The number of hydrogen-bond acceptors (Lipinski definition) is 4. The summed E-state index contributed by atoms with van der Waals surface area (Å²) in [5.74, 6) is 0.886. The molecule has 0 aromatic carbocycles. The van der Waals surface area contributed by atoms with Crippen LogP contribution in [0.3, 0.4) is 0 Å². The first-order valence-corrected chi connectivity index (χ1v) is 6.49. The quantitative estimate of drug-likeness (QED) is 0.869. The Kier molecular flexibility index (Phi) is 4.00. The van der Waals surface area contributed by atoms with Crippen molar-refractivity contribution in [2.75, 3.05) is 18.0 Å². The zero-order valence-corrected chi connectivity index (χ0v) is 11.3.